The Labute approximate surface area is 193 Å². The average Bonchev–Trinajstić information content (AvgIpc) is 3.51. The number of aromatic nitrogens is 3. The molecule has 3 amide bonds. The van der Waals surface area contributed by atoms with Crippen molar-refractivity contribution < 1.29 is 9.59 Å². The Kier molecular flexibility index (Phi) is 5.81. The number of amides is 3. The Hall–Kier alpha value is -3.68. The molecule has 0 spiro atoms. The maximum absolute atomic E-state index is 12.9. The fourth-order valence-electron chi connectivity index (χ4n) is 4.74. The van der Waals surface area contributed by atoms with E-state index in [1.165, 1.54) is 11.9 Å². The van der Waals surface area contributed by atoms with Crippen molar-refractivity contribution in [2.45, 2.75) is 25.2 Å². The van der Waals surface area contributed by atoms with Gasteiger partial charge in [0.25, 0.3) is 5.91 Å². The third-order valence-electron chi connectivity index (χ3n) is 6.63. The van der Waals surface area contributed by atoms with E-state index in [-0.39, 0.29) is 17.9 Å². The summed E-state index contributed by atoms with van der Waals surface area (Å²) < 4.78 is 0. The minimum atomic E-state index is -0.0576. The molecule has 2 fully saturated rings. The summed E-state index contributed by atoms with van der Waals surface area (Å²) in [6.07, 6.45) is 2.43. The fourth-order valence-corrected chi connectivity index (χ4v) is 4.74. The zero-order chi connectivity index (χ0) is 22.8. The normalized spacial score (nSPS) is 18.3. The molecule has 1 atom stereocenters. The molecular weight excluding hydrogens is 416 g/mol. The average molecular weight is 445 g/mol. The van der Waals surface area contributed by atoms with Crippen LogP contribution in [0.25, 0.3) is 11.1 Å². The summed E-state index contributed by atoms with van der Waals surface area (Å²) in [6, 6.07) is 16.2. The number of nitrogens with zero attached hydrogens (tertiary/aromatic N) is 4. The van der Waals surface area contributed by atoms with Crippen molar-refractivity contribution in [3.8, 4) is 11.1 Å². The number of urea groups is 1. The van der Waals surface area contributed by atoms with E-state index in [1.807, 2.05) is 41.0 Å². The number of hydrogen-bond acceptors (Lipinski definition) is 4. The van der Waals surface area contributed by atoms with Gasteiger partial charge in [-0.05, 0) is 36.1 Å². The van der Waals surface area contributed by atoms with Crippen LogP contribution in [0.4, 0.5) is 4.79 Å². The van der Waals surface area contributed by atoms with E-state index in [9.17, 15) is 9.59 Å². The molecule has 2 aliphatic heterocycles. The largest absolute Gasteiger partial charge is 0.352 e. The molecule has 3 aromatic rings. The standard InChI is InChI=1S/C25H28N6O2/c1-2-26-24(32)22-6-4-3-5-21(22)18-9-7-17(8-10-18)20-14-31(15-20)25(33)30-12-11-19(13-30)23-27-16-28-29-23/h3-10,16,19-20H,2,11-15H2,1H3,(H,26,32)(H,27,28,29)/t19-/m0/s1. The molecule has 5 rings (SSSR count). The number of rotatable bonds is 5. The monoisotopic (exact) mass is 444 g/mol. The lowest BCUT2D eigenvalue weighted by Crippen LogP contribution is -2.53. The number of nitrogens with one attached hydrogen (secondary N) is 2. The van der Waals surface area contributed by atoms with Gasteiger partial charge in [0.05, 0.1) is 0 Å². The molecule has 0 saturated carbocycles. The van der Waals surface area contributed by atoms with Crippen molar-refractivity contribution in [3.05, 3.63) is 71.8 Å². The van der Waals surface area contributed by atoms with Gasteiger partial charge in [0.15, 0.2) is 0 Å². The van der Waals surface area contributed by atoms with Crippen molar-refractivity contribution >= 4 is 11.9 Å². The third-order valence-corrected chi connectivity index (χ3v) is 6.63. The van der Waals surface area contributed by atoms with E-state index in [0.29, 0.717) is 24.6 Å². The van der Waals surface area contributed by atoms with Crippen LogP contribution in [0.1, 0.15) is 46.9 Å². The number of hydrogen-bond donors (Lipinski definition) is 2. The molecule has 1 aromatic heterocycles. The molecule has 0 radical (unpaired) electrons. The number of carbonyl (C=O) groups is 2. The maximum Gasteiger partial charge on any atom is 0.320 e. The van der Waals surface area contributed by atoms with Crippen molar-refractivity contribution in [1.82, 2.24) is 30.3 Å². The molecule has 2 N–H and O–H groups in total. The molecule has 3 heterocycles. The number of likely N-dealkylation sites (tertiary alicyclic amines) is 2. The Balaban J connectivity index is 1.19. The van der Waals surface area contributed by atoms with Crippen LogP contribution >= 0.6 is 0 Å². The number of carbonyl (C=O) groups excluding carboxylic acids is 2. The first-order valence-corrected chi connectivity index (χ1v) is 11.5. The molecule has 2 saturated heterocycles. The van der Waals surface area contributed by atoms with Crippen LogP contribution in [0.2, 0.25) is 0 Å². The highest BCUT2D eigenvalue weighted by molar-refractivity contribution is 6.00. The predicted molar refractivity (Wildman–Crippen MR) is 125 cm³/mol. The molecule has 170 valence electrons. The van der Waals surface area contributed by atoms with Gasteiger partial charge in [-0.15, -0.1) is 0 Å². The predicted octanol–water partition coefficient (Wildman–Crippen LogP) is 3.23. The lowest BCUT2D eigenvalue weighted by Gasteiger charge is -2.41. The minimum Gasteiger partial charge on any atom is -0.352 e. The fraction of sp³-hybridized carbons (Fsp3) is 0.360. The smallest absolute Gasteiger partial charge is 0.320 e. The SMILES string of the molecule is CCNC(=O)c1ccccc1-c1ccc(C2CN(C(=O)N3CC[C@H](c4ncn[nH]4)C3)C2)cc1. The third kappa shape index (κ3) is 4.20. The number of aromatic amines is 1. The zero-order valence-corrected chi connectivity index (χ0v) is 18.7. The molecule has 2 aliphatic rings. The summed E-state index contributed by atoms with van der Waals surface area (Å²) >= 11 is 0. The van der Waals surface area contributed by atoms with Gasteiger partial charge in [-0.3, -0.25) is 9.89 Å². The summed E-state index contributed by atoms with van der Waals surface area (Å²) in [5.41, 5.74) is 3.85. The lowest BCUT2D eigenvalue weighted by atomic mass is 9.89. The van der Waals surface area contributed by atoms with Crippen molar-refractivity contribution in [3.63, 3.8) is 0 Å². The first-order chi connectivity index (χ1) is 16.1. The van der Waals surface area contributed by atoms with Gasteiger partial charge in [-0.25, -0.2) is 9.78 Å². The summed E-state index contributed by atoms with van der Waals surface area (Å²) in [5, 5.41) is 9.72. The van der Waals surface area contributed by atoms with Crippen LogP contribution in [0.15, 0.2) is 54.9 Å². The van der Waals surface area contributed by atoms with Gasteiger partial charge in [0.2, 0.25) is 0 Å². The van der Waals surface area contributed by atoms with E-state index in [0.717, 1.165) is 43.0 Å². The van der Waals surface area contributed by atoms with Crippen LogP contribution in [0.5, 0.6) is 0 Å². The summed E-state index contributed by atoms with van der Waals surface area (Å²) in [5.74, 6) is 1.39. The number of benzene rings is 2. The Morgan fingerprint density at radius 2 is 1.79 bits per heavy atom. The van der Waals surface area contributed by atoms with E-state index in [2.05, 4.69) is 44.8 Å². The molecular formula is C25H28N6O2. The molecule has 33 heavy (non-hydrogen) atoms. The topological polar surface area (TPSA) is 94.2 Å². The van der Waals surface area contributed by atoms with Crippen LogP contribution in [0, 0.1) is 0 Å². The Bertz CT molecular complexity index is 1120. The second kappa shape index (κ2) is 9.05. The first-order valence-electron chi connectivity index (χ1n) is 11.5. The van der Waals surface area contributed by atoms with E-state index >= 15 is 0 Å². The van der Waals surface area contributed by atoms with Gasteiger partial charge in [-0.1, -0.05) is 42.5 Å². The van der Waals surface area contributed by atoms with Crippen LogP contribution in [-0.4, -0.2) is 69.6 Å². The summed E-state index contributed by atoms with van der Waals surface area (Å²) in [7, 11) is 0. The van der Waals surface area contributed by atoms with Crippen molar-refractivity contribution in [1.29, 1.82) is 0 Å². The van der Waals surface area contributed by atoms with E-state index in [1.54, 1.807) is 0 Å². The van der Waals surface area contributed by atoms with Crippen LogP contribution in [0.3, 0.4) is 0 Å². The van der Waals surface area contributed by atoms with Crippen molar-refractivity contribution in [2.75, 3.05) is 32.7 Å². The molecule has 0 bridgehead atoms. The van der Waals surface area contributed by atoms with Crippen molar-refractivity contribution in [2.24, 2.45) is 0 Å². The summed E-state index contributed by atoms with van der Waals surface area (Å²) in [6.45, 7) is 5.43. The second-order valence-corrected chi connectivity index (χ2v) is 8.71. The maximum atomic E-state index is 12.9. The van der Waals surface area contributed by atoms with E-state index in [4.69, 9.17) is 0 Å². The zero-order valence-electron chi connectivity index (χ0n) is 18.7. The van der Waals surface area contributed by atoms with Gasteiger partial charge in [-0.2, -0.15) is 5.10 Å². The number of H-pyrrole nitrogens is 1. The lowest BCUT2D eigenvalue weighted by molar-refractivity contribution is 0.0956. The second-order valence-electron chi connectivity index (χ2n) is 8.71. The van der Waals surface area contributed by atoms with Gasteiger partial charge in [0.1, 0.15) is 12.2 Å². The minimum absolute atomic E-state index is 0.0576. The Morgan fingerprint density at radius 3 is 2.52 bits per heavy atom. The van der Waals surface area contributed by atoms with Gasteiger partial charge < -0.3 is 15.1 Å². The molecule has 8 heteroatoms. The quantitative estimate of drug-likeness (QED) is 0.632. The Morgan fingerprint density at radius 1 is 1.03 bits per heavy atom. The summed E-state index contributed by atoms with van der Waals surface area (Å²) in [4.78, 5) is 33.4. The van der Waals surface area contributed by atoms with Crippen LogP contribution < -0.4 is 5.32 Å². The molecule has 0 unspecified atom stereocenters. The molecule has 0 aliphatic carbocycles. The highest BCUT2D eigenvalue weighted by Crippen LogP contribution is 2.32. The highest BCUT2D eigenvalue weighted by atomic mass is 16.2. The van der Waals surface area contributed by atoms with Gasteiger partial charge >= 0.3 is 6.03 Å². The molecule has 2 aromatic carbocycles. The van der Waals surface area contributed by atoms with Gasteiger partial charge in [0, 0.05) is 50.1 Å². The van der Waals surface area contributed by atoms with Crippen LogP contribution in [-0.2, 0) is 0 Å². The molecule has 8 nitrogen and oxygen atoms in total. The van der Waals surface area contributed by atoms with E-state index < -0.39 is 0 Å². The highest BCUT2D eigenvalue weighted by Gasteiger charge is 2.37. The first kappa shape index (κ1) is 21.2.